The van der Waals surface area contributed by atoms with Crippen LogP contribution in [0.5, 0.6) is 5.75 Å². The van der Waals surface area contributed by atoms with Crippen molar-refractivity contribution in [1.82, 2.24) is 14.5 Å². The van der Waals surface area contributed by atoms with Crippen LogP contribution in [0.3, 0.4) is 0 Å². The molecule has 5 rings (SSSR count). The summed E-state index contributed by atoms with van der Waals surface area (Å²) >= 11 is 0. The molecule has 7 nitrogen and oxygen atoms in total. The number of halogens is 5. The van der Waals surface area contributed by atoms with Crippen LogP contribution in [0, 0.1) is 11.6 Å². The van der Waals surface area contributed by atoms with Gasteiger partial charge in [-0.15, -0.1) is 0 Å². The molecule has 212 valence electrons. The van der Waals surface area contributed by atoms with Gasteiger partial charge in [-0.25, -0.2) is 8.78 Å². The van der Waals surface area contributed by atoms with E-state index in [-0.39, 0.29) is 13.0 Å². The fourth-order valence-corrected chi connectivity index (χ4v) is 5.63. The number of aryl methyl sites for hydroxylation is 2. The van der Waals surface area contributed by atoms with Gasteiger partial charge in [-0.3, -0.25) is 19.3 Å². The van der Waals surface area contributed by atoms with Crippen LogP contribution < -0.4 is 10.4 Å². The summed E-state index contributed by atoms with van der Waals surface area (Å²) in [4.78, 5) is 28.3. The monoisotopic (exact) mass is 562 g/mol. The lowest BCUT2D eigenvalue weighted by Gasteiger charge is -2.50. The summed E-state index contributed by atoms with van der Waals surface area (Å²) in [6.45, 7) is -1.36. The number of hydrogen-bond donors (Lipinski definition) is 1. The Morgan fingerprint density at radius 1 is 0.950 bits per heavy atom. The standard InChI is InChI=1S/C28H27F5N4O3/c1-34(2)11-10-23-35(15-28(31,32)33)27(40)25-26(39)22(38)9-12-36(25)37(23)24-20-7-5-18(29)13-16(20)3-4-17-14-19(30)6-8-21(17)24/h5-9,12-14,23-24,39H,3-4,10-11,15H2,1-2H3. The van der Waals surface area contributed by atoms with Crippen LogP contribution in [0.15, 0.2) is 53.5 Å². The quantitative estimate of drug-likeness (QED) is 0.477. The number of carbonyl (C=O) groups is 1. The van der Waals surface area contributed by atoms with Crippen molar-refractivity contribution in [1.29, 1.82) is 0 Å². The summed E-state index contributed by atoms with van der Waals surface area (Å²) < 4.78 is 71.7. The molecule has 1 unspecified atom stereocenters. The number of aromatic hydroxyl groups is 1. The molecule has 0 saturated carbocycles. The fraction of sp³-hybridized carbons (Fsp3) is 0.357. The van der Waals surface area contributed by atoms with Crippen LogP contribution >= 0.6 is 0 Å². The Morgan fingerprint density at radius 3 is 2.05 bits per heavy atom. The Hall–Kier alpha value is -3.93. The van der Waals surface area contributed by atoms with E-state index >= 15 is 0 Å². The van der Waals surface area contributed by atoms with Crippen molar-refractivity contribution in [3.63, 3.8) is 0 Å². The number of pyridine rings is 1. The van der Waals surface area contributed by atoms with Crippen molar-refractivity contribution in [2.75, 3.05) is 32.2 Å². The van der Waals surface area contributed by atoms with Crippen molar-refractivity contribution in [3.05, 3.63) is 98.5 Å². The number of benzene rings is 2. The van der Waals surface area contributed by atoms with Gasteiger partial charge in [-0.05, 0) is 73.5 Å². The molecular weight excluding hydrogens is 535 g/mol. The lowest BCUT2D eigenvalue weighted by molar-refractivity contribution is -0.147. The first kappa shape index (κ1) is 27.6. The summed E-state index contributed by atoms with van der Waals surface area (Å²) in [6.07, 6.45) is -4.06. The molecule has 2 heterocycles. The average molecular weight is 563 g/mol. The number of amides is 1. The molecule has 1 amide bonds. The van der Waals surface area contributed by atoms with Crippen molar-refractivity contribution >= 4 is 5.91 Å². The van der Waals surface area contributed by atoms with Crippen LogP contribution in [0.25, 0.3) is 0 Å². The maximum Gasteiger partial charge on any atom is 0.406 e. The maximum absolute atomic E-state index is 14.4. The smallest absolute Gasteiger partial charge is 0.406 e. The lowest BCUT2D eigenvalue weighted by atomic mass is 9.92. The van der Waals surface area contributed by atoms with Crippen molar-refractivity contribution < 1.29 is 31.9 Å². The Kier molecular flexibility index (Phi) is 7.07. The van der Waals surface area contributed by atoms with Gasteiger partial charge >= 0.3 is 6.18 Å². The Balaban J connectivity index is 1.84. The topological polar surface area (TPSA) is 69.0 Å². The van der Waals surface area contributed by atoms with Gasteiger partial charge in [0.25, 0.3) is 5.91 Å². The van der Waals surface area contributed by atoms with E-state index in [1.165, 1.54) is 52.3 Å². The molecule has 1 aliphatic carbocycles. The number of hydrogen-bond acceptors (Lipinski definition) is 5. The largest absolute Gasteiger partial charge is 0.502 e. The second-order valence-electron chi connectivity index (χ2n) is 10.3. The third kappa shape index (κ3) is 5.03. The minimum Gasteiger partial charge on any atom is -0.502 e. The number of rotatable bonds is 5. The minimum atomic E-state index is -4.80. The number of carbonyl (C=O) groups excluding carboxylic acids is 1. The predicted octanol–water partition coefficient (Wildman–Crippen LogP) is 3.95. The molecule has 1 aromatic heterocycles. The van der Waals surface area contributed by atoms with Crippen molar-refractivity contribution in [3.8, 4) is 5.75 Å². The number of aromatic nitrogens is 1. The molecule has 1 aliphatic heterocycles. The van der Waals surface area contributed by atoms with Crippen molar-refractivity contribution in [2.45, 2.75) is 37.6 Å². The van der Waals surface area contributed by atoms with E-state index in [0.717, 1.165) is 6.07 Å². The molecule has 0 fully saturated rings. The first-order valence-corrected chi connectivity index (χ1v) is 12.7. The molecule has 2 aromatic carbocycles. The highest BCUT2D eigenvalue weighted by Gasteiger charge is 2.47. The summed E-state index contributed by atoms with van der Waals surface area (Å²) in [5.41, 5.74) is 0.690. The van der Waals surface area contributed by atoms with E-state index in [4.69, 9.17) is 0 Å². The molecule has 12 heteroatoms. The van der Waals surface area contributed by atoms with Gasteiger partial charge in [0.2, 0.25) is 5.43 Å². The van der Waals surface area contributed by atoms with Gasteiger partial charge in [-0.2, -0.15) is 13.2 Å². The molecule has 0 spiro atoms. The molecule has 1 atom stereocenters. The van der Waals surface area contributed by atoms with Gasteiger partial charge in [0.05, 0.1) is 6.04 Å². The molecule has 40 heavy (non-hydrogen) atoms. The highest BCUT2D eigenvalue weighted by atomic mass is 19.4. The van der Waals surface area contributed by atoms with Gasteiger partial charge < -0.3 is 14.9 Å². The predicted molar refractivity (Wildman–Crippen MR) is 137 cm³/mol. The third-order valence-corrected chi connectivity index (χ3v) is 7.34. The van der Waals surface area contributed by atoms with Gasteiger partial charge in [0, 0.05) is 25.2 Å². The summed E-state index contributed by atoms with van der Waals surface area (Å²) in [6, 6.07) is 8.31. The van der Waals surface area contributed by atoms with E-state index in [2.05, 4.69) is 0 Å². The molecule has 3 aromatic rings. The second-order valence-corrected chi connectivity index (χ2v) is 10.3. The minimum absolute atomic E-state index is 0.0463. The molecule has 2 aliphatic rings. The molecular formula is C28H27F5N4O3. The maximum atomic E-state index is 14.4. The Labute approximate surface area is 226 Å². The molecule has 0 radical (unpaired) electrons. The zero-order chi connectivity index (χ0) is 28.9. The first-order chi connectivity index (χ1) is 18.9. The SMILES string of the molecule is CN(C)CCC1N(CC(F)(F)F)C(=O)c2c(O)c(=O)ccn2N1C1c2ccc(F)cc2CCc2cc(F)ccc21. The van der Waals surface area contributed by atoms with Gasteiger partial charge in [-0.1, -0.05) is 12.1 Å². The Morgan fingerprint density at radius 2 is 1.52 bits per heavy atom. The average Bonchev–Trinajstić information content (AvgIpc) is 3.02. The normalized spacial score (nSPS) is 17.5. The summed E-state index contributed by atoms with van der Waals surface area (Å²) in [7, 11) is 3.48. The zero-order valence-corrected chi connectivity index (χ0v) is 21.8. The molecule has 1 N–H and O–H groups in total. The van der Waals surface area contributed by atoms with Gasteiger partial charge in [0.1, 0.15) is 24.3 Å². The van der Waals surface area contributed by atoms with E-state index in [9.17, 15) is 36.6 Å². The summed E-state index contributed by atoms with van der Waals surface area (Å²) in [5, 5.41) is 12.2. The fourth-order valence-electron chi connectivity index (χ4n) is 5.63. The number of alkyl halides is 3. The highest BCUT2D eigenvalue weighted by molar-refractivity contribution is 5.96. The van der Waals surface area contributed by atoms with Crippen LogP contribution in [0.1, 0.15) is 45.2 Å². The highest BCUT2D eigenvalue weighted by Crippen LogP contribution is 2.41. The van der Waals surface area contributed by atoms with E-state index in [1.54, 1.807) is 19.0 Å². The van der Waals surface area contributed by atoms with E-state index in [1.807, 2.05) is 0 Å². The molecule has 0 bridgehead atoms. The molecule has 0 saturated heterocycles. The summed E-state index contributed by atoms with van der Waals surface area (Å²) in [5.74, 6) is -3.15. The Bertz CT molecular complexity index is 1470. The van der Waals surface area contributed by atoms with Gasteiger partial charge in [0.15, 0.2) is 11.4 Å². The second kappa shape index (κ2) is 10.2. The van der Waals surface area contributed by atoms with Crippen molar-refractivity contribution in [2.24, 2.45) is 0 Å². The van der Waals surface area contributed by atoms with Crippen LogP contribution in [0.2, 0.25) is 0 Å². The lowest BCUT2D eigenvalue weighted by Crippen LogP contribution is -2.64. The van der Waals surface area contributed by atoms with Crippen LogP contribution in [-0.2, 0) is 12.8 Å². The van der Waals surface area contributed by atoms with Crippen LogP contribution in [0.4, 0.5) is 22.0 Å². The first-order valence-electron chi connectivity index (χ1n) is 12.7. The van der Waals surface area contributed by atoms with E-state index in [0.29, 0.717) is 40.0 Å². The van der Waals surface area contributed by atoms with Crippen LogP contribution in [-0.4, -0.2) is 65.0 Å². The third-order valence-electron chi connectivity index (χ3n) is 7.34. The number of nitrogens with zero attached hydrogens (tertiary/aromatic N) is 4. The number of fused-ring (bicyclic) bond motifs is 3. The van der Waals surface area contributed by atoms with E-state index < -0.39 is 59.3 Å². The zero-order valence-electron chi connectivity index (χ0n) is 21.8.